The lowest BCUT2D eigenvalue weighted by Gasteiger charge is -2.00. The first-order valence-electron chi connectivity index (χ1n) is 4.26. The van der Waals surface area contributed by atoms with Gasteiger partial charge < -0.3 is 0 Å². The molecule has 0 saturated carbocycles. The molecule has 0 saturated heterocycles. The summed E-state index contributed by atoms with van der Waals surface area (Å²) in [6.45, 7) is 1.22. The van der Waals surface area contributed by atoms with Gasteiger partial charge in [0, 0.05) is 0 Å². The maximum absolute atomic E-state index is 11.5. The second-order valence-corrected chi connectivity index (χ2v) is 3.12. The second-order valence-electron chi connectivity index (χ2n) is 2.79. The average Bonchev–Trinajstić information content (AvgIpc) is 2.14. The van der Waals surface area contributed by atoms with Crippen LogP contribution >= 0.6 is 11.6 Å². The average molecular weight is 269 g/mol. The predicted octanol–water partition coefficient (Wildman–Crippen LogP) is 5.41. The molecule has 0 aromatic rings. The Balaban J connectivity index is 0. The van der Waals surface area contributed by atoms with Crippen molar-refractivity contribution < 1.29 is 26.3 Å². The van der Waals surface area contributed by atoms with E-state index in [2.05, 4.69) is 11.6 Å². The van der Waals surface area contributed by atoms with Crippen LogP contribution in [0.5, 0.6) is 0 Å². The van der Waals surface area contributed by atoms with Crippen LogP contribution in [0.15, 0.2) is 23.5 Å². The van der Waals surface area contributed by atoms with E-state index in [0.717, 1.165) is 6.08 Å². The Hall–Kier alpha value is -0.650. The first-order valence-corrected chi connectivity index (χ1v) is 4.64. The summed E-state index contributed by atoms with van der Waals surface area (Å²) >= 11 is 4.08. The summed E-state index contributed by atoms with van der Waals surface area (Å²) in [7, 11) is 0. The molecular formula is C9H11ClF6. The lowest BCUT2D eigenvalue weighted by molar-refractivity contribution is 0.393. The molecule has 0 aliphatic carbocycles. The maximum Gasteiger partial charge on any atom is 0.317 e. The Labute approximate surface area is 94.6 Å². The lowest BCUT2D eigenvalue weighted by atomic mass is 10.1. The molecular weight excluding hydrogens is 258 g/mol. The first kappa shape index (κ1) is 17.7. The predicted molar refractivity (Wildman–Crippen MR) is 50.9 cm³/mol. The number of hydrogen-bond acceptors (Lipinski definition) is 0. The van der Waals surface area contributed by atoms with E-state index in [4.69, 9.17) is 0 Å². The van der Waals surface area contributed by atoms with Gasteiger partial charge in [0.05, 0.1) is 6.67 Å². The van der Waals surface area contributed by atoms with E-state index >= 15 is 0 Å². The normalized spacial score (nSPS) is 11.0. The van der Waals surface area contributed by atoms with Crippen LogP contribution in [-0.4, -0.2) is 6.67 Å². The van der Waals surface area contributed by atoms with Gasteiger partial charge in [0.1, 0.15) is 0 Å². The van der Waals surface area contributed by atoms with Gasteiger partial charge >= 0.3 is 6.08 Å². The number of allylic oxidation sites excluding steroid dienone is 1. The molecule has 0 N–H and O–H groups in total. The minimum absolute atomic E-state index is 0.208. The summed E-state index contributed by atoms with van der Waals surface area (Å²) in [5, 5.41) is -1.94. The third-order valence-corrected chi connectivity index (χ3v) is 1.49. The Morgan fingerprint density at radius 3 is 1.88 bits per heavy atom. The van der Waals surface area contributed by atoms with Crippen LogP contribution in [0.1, 0.15) is 19.8 Å². The molecule has 0 aromatic heterocycles. The highest BCUT2D eigenvalue weighted by Gasteiger charge is 1.99. The molecule has 0 bridgehead atoms. The molecule has 1 atom stereocenters. The van der Waals surface area contributed by atoms with E-state index in [0.29, 0.717) is 12.8 Å². The fraction of sp³-hybridized carbons (Fsp3) is 0.556. The second kappa shape index (κ2) is 10.9. The molecule has 0 aromatic carbocycles. The van der Waals surface area contributed by atoms with E-state index in [9.17, 15) is 26.3 Å². The summed E-state index contributed by atoms with van der Waals surface area (Å²) in [6.07, 6.45) is -2.43. The lowest BCUT2D eigenvalue weighted by Crippen LogP contribution is -1.90. The Morgan fingerprint density at radius 2 is 1.62 bits per heavy atom. The molecule has 0 radical (unpaired) electrons. The minimum Gasteiger partial charge on any atom is -0.251 e. The standard InChI is InChI=1S/C7H11F3.C2ClF3/c1-6(3-2-4-8)5-7(9)10;3-1(4)2(5)6/h5-6H,2-4H2,1H3;. The number of rotatable bonds is 4. The van der Waals surface area contributed by atoms with Crippen molar-refractivity contribution in [2.24, 2.45) is 5.92 Å². The van der Waals surface area contributed by atoms with Gasteiger partial charge in [-0.3, -0.25) is 4.39 Å². The van der Waals surface area contributed by atoms with Crippen molar-refractivity contribution in [3.63, 3.8) is 0 Å². The van der Waals surface area contributed by atoms with Gasteiger partial charge in [-0.1, -0.05) is 6.92 Å². The molecule has 96 valence electrons. The van der Waals surface area contributed by atoms with Crippen LogP contribution in [-0.2, 0) is 0 Å². The minimum atomic E-state index is -2.48. The molecule has 0 heterocycles. The molecule has 7 heteroatoms. The summed E-state index contributed by atoms with van der Waals surface area (Å²) in [6, 6.07) is 0. The van der Waals surface area contributed by atoms with Crippen molar-refractivity contribution in [2.45, 2.75) is 19.8 Å². The van der Waals surface area contributed by atoms with Crippen LogP contribution in [0, 0.1) is 5.92 Å². The molecule has 0 fully saturated rings. The van der Waals surface area contributed by atoms with Crippen molar-refractivity contribution in [3.05, 3.63) is 23.5 Å². The molecule has 0 amide bonds. The summed E-state index contributed by atoms with van der Waals surface area (Å²) in [5.74, 6) is -0.208. The fourth-order valence-electron chi connectivity index (χ4n) is 0.698. The quantitative estimate of drug-likeness (QED) is 0.598. The molecule has 0 nitrogen and oxygen atoms in total. The van der Waals surface area contributed by atoms with Gasteiger partial charge in [-0.05, 0) is 36.4 Å². The fourth-order valence-corrected chi connectivity index (χ4v) is 0.698. The molecule has 0 spiro atoms. The first-order chi connectivity index (χ1) is 7.31. The third kappa shape index (κ3) is 15.8. The Morgan fingerprint density at radius 1 is 1.19 bits per heavy atom. The highest BCUT2D eigenvalue weighted by Crippen LogP contribution is 2.12. The van der Waals surface area contributed by atoms with E-state index in [-0.39, 0.29) is 5.92 Å². The zero-order valence-corrected chi connectivity index (χ0v) is 9.18. The van der Waals surface area contributed by atoms with Crippen LogP contribution < -0.4 is 0 Å². The highest BCUT2D eigenvalue weighted by atomic mass is 35.5. The van der Waals surface area contributed by atoms with Crippen molar-refractivity contribution in [3.8, 4) is 0 Å². The van der Waals surface area contributed by atoms with Crippen LogP contribution in [0.4, 0.5) is 26.3 Å². The summed E-state index contributed by atoms with van der Waals surface area (Å²) in [4.78, 5) is 0. The van der Waals surface area contributed by atoms with Crippen molar-refractivity contribution in [2.75, 3.05) is 6.67 Å². The monoisotopic (exact) mass is 268 g/mol. The Kier molecular flexibility index (Phi) is 12.0. The molecule has 16 heavy (non-hydrogen) atoms. The highest BCUT2D eigenvalue weighted by molar-refractivity contribution is 6.28. The molecule has 0 rings (SSSR count). The van der Waals surface area contributed by atoms with Gasteiger partial charge in [-0.2, -0.15) is 22.0 Å². The van der Waals surface area contributed by atoms with Crippen LogP contribution in [0.2, 0.25) is 0 Å². The molecule has 0 aliphatic rings. The molecule has 0 aliphatic heterocycles. The zero-order valence-electron chi connectivity index (χ0n) is 8.42. The number of alkyl halides is 1. The van der Waals surface area contributed by atoms with Crippen LogP contribution in [0.3, 0.4) is 0 Å². The van der Waals surface area contributed by atoms with Crippen molar-refractivity contribution >= 4 is 11.6 Å². The van der Waals surface area contributed by atoms with Crippen molar-refractivity contribution in [1.82, 2.24) is 0 Å². The zero-order chi connectivity index (χ0) is 13.1. The van der Waals surface area contributed by atoms with Gasteiger partial charge in [0.25, 0.3) is 11.4 Å². The van der Waals surface area contributed by atoms with Gasteiger partial charge in [0.15, 0.2) is 0 Å². The van der Waals surface area contributed by atoms with E-state index in [1.54, 1.807) is 6.92 Å². The largest absolute Gasteiger partial charge is 0.317 e. The SMILES string of the molecule is CC(C=C(F)F)CCCF.FC(F)=C(F)Cl. The smallest absolute Gasteiger partial charge is 0.251 e. The summed E-state index contributed by atoms with van der Waals surface area (Å²) < 4.78 is 66.2. The number of hydrogen-bond donors (Lipinski definition) is 0. The number of halogens is 7. The third-order valence-electron chi connectivity index (χ3n) is 1.35. The van der Waals surface area contributed by atoms with Gasteiger partial charge in [0.2, 0.25) is 0 Å². The van der Waals surface area contributed by atoms with E-state index < -0.39 is 24.1 Å². The van der Waals surface area contributed by atoms with E-state index in [1.807, 2.05) is 0 Å². The topological polar surface area (TPSA) is 0 Å². The summed E-state index contributed by atoms with van der Waals surface area (Å²) in [5.41, 5.74) is 0. The molecule has 1 unspecified atom stereocenters. The van der Waals surface area contributed by atoms with Crippen molar-refractivity contribution in [1.29, 1.82) is 0 Å². The van der Waals surface area contributed by atoms with Gasteiger partial charge in [-0.25, -0.2) is 0 Å². The van der Waals surface area contributed by atoms with E-state index in [1.165, 1.54) is 0 Å². The maximum atomic E-state index is 11.5. The van der Waals surface area contributed by atoms with Crippen LogP contribution in [0.25, 0.3) is 0 Å². The Bertz CT molecular complexity index is 216. The van der Waals surface area contributed by atoms with Gasteiger partial charge in [-0.15, -0.1) is 0 Å².